The Labute approximate surface area is 140 Å². The van der Waals surface area contributed by atoms with E-state index in [4.69, 9.17) is 0 Å². The molecule has 1 heterocycles. The van der Waals surface area contributed by atoms with E-state index in [2.05, 4.69) is 73.2 Å². The quantitative estimate of drug-likeness (QED) is 0.846. The summed E-state index contributed by atoms with van der Waals surface area (Å²) in [6, 6.07) is 11.3. The second kappa shape index (κ2) is 6.79. The first-order chi connectivity index (χ1) is 11.1. The van der Waals surface area contributed by atoms with Crippen molar-refractivity contribution >= 4 is 22.1 Å². The minimum absolute atomic E-state index is 1.07. The summed E-state index contributed by atoms with van der Waals surface area (Å²) in [7, 11) is 8.52. The fraction of sp³-hybridized carbons (Fsp3) is 0.500. The highest BCUT2D eigenvalue weighted by Crippen LogP contribution is 2.36. The lowest BCUT2D eigenvalue weighted by molar-refractivity contribution is 0.221. The molecule has 0 bridgehead atoms. The Morgan fingerprint density at radius 3 is 2.13 bits per heavy atom. The van der Waals surface area contributed by atoms with Crippen LogP contribution in [0.1, 0.15) is 24.8 Å². The van der Waals surface area contributed by atoms with E-state index in [1.165, 1.54) is 60.1 Å². The smallest absolute Gasteiger partial charge is 0.0461 e. The summed E-state index contributed by atoms with van der Waals surface area (Å²) in [5.74, 6) is 0. The van der Waals surface area contributed by atoms with Gasteiger partial charge in [-0.15, -0.1) is 0 Å². The maximum absolute atomic E-state index is 2.61. The summed E-state index contributed by atoms with van der Waals surface area (Å²) in [5.41, 5.74) is 4.05. The van der Waals surface area contributed by atoms with Gasteiger partial charge in [0, 0.05) is 51.5 Å². The maximum Gasteiger partial charge on any atom is 0.0461 e. The molecule has 0 aliphatic carbocycles. The van der Waals surface area contributed by atoms with Gasteiger partial charge in [0.15, 0.2) is 0 Å². The molecule has 0 saturated carbocycles. The SMILES string of the molecule is CN(C)c1cccc2c(CN3CCCCC3)ccc(N(C)C)c12. The molecule has 3 nitrogen and oxygen atoms in total. The highest BCUT2D eigenvalue weighted by molar-refractivity contribution is 6.05. The molecule has 3 rings (SSSR count). The molecular weight excluding hydrogens is 282 g/mol. The summed E-state index contributed by atoms with van der Waals surface area (Å²) in [5, 5.41) is 2.77. The van der Waals surface area contributed by atoms with Gasteiger partial charge in [-0.05, 0) is 49.0 Å². The number of nitrogens with zero attached hydrogens (tertiary/aromatic N) is 3. The molecule has 0 atom stereocenters. The van der Waals surface area contributed by atoms with Crippen molar-refractivity contribution in [2.24, 2.45) is 0 Å². The third-order valence-corrected chi connectivity index (χ3v) is 4.89. The molecule has 0 aromatic heterocycles. The number of fused-ring (bicyclic) bond motifs is 1. The van der Waals surface area contributed by atoms with Gasteiger partial charge in [0.2, 0.25) is 0 Å². The maximum atomic E-state index is 2.61. The fourth-order valence-electron chi connectivity index (χ4n) is 3.67. The van der Waals surface area contributed by atoms with E-state index in [-0.39, 0.29) is 0 Å². The van der Waals surface area contributed by atoms with Gasteiger partial charge in [-0.3, -0.25) is 4.90 Å². The largest absolute Gasteiger partial charge is 0.377 e. The molecule has 2 aromatic carbocycles. The zero-order valence-electron chi connectivity index (χ0n) is 15.0. The number of benzene rings is 2. The molecule has 1 saturated heterocycles. The van der Waals surface area contributed by atoms with E-state index < -0.39 is 0 Å². The van der Waals surface area contributed by atoms with Crippen LogP contribution in [-0.4, -0.2) is 46.2 Å². The van der Waals surface area contributed by atoms with Crippen molar-refractivity contribution in [2.45, 2.75) is 25.8 Å². The number of anilines is 2. The van der Waals surface area contributed by atoms with Gasteiger partial charge in [-0.1, -0.05) is 24.6 Å². The minimum Gasteiger partial charge on any atom is -0.377 e. The van der Waals surface area contributed by atoms with Crippen molar-refractivity contribution in [1.29, 1.82) is 0 Å². The number of piperidine rings is 1. The van der Waals surface area contributed by atoms with Crippen LogP contribution in [0.15, 0.2) is 30.3 Å². The number of likely N-dealkylation sites (tertiary alicyclic amines) is 1. The average Bonchev–Trinajstić information content (AvgIpc) is 2.55. The fourth-order valence-corrected chi connectivity index (χ4v) is 3.67. The lowest BCUT2D eigenvalue weighted by Gasteiger charge is -2.28. The molecule has 1 aliphatic heterocycles. The highest BCUT2D eigenvalue weighted by atomic mass is 15.1. The second-order valence-electron chi connectivity index (χ2n) is 7.07. The van der Waals surface area contributed by atoms with Crippen LogP contribution in [0, 0.1) is 0 Å². The van der Waals surface area contributed by atoms with Gasteiger partial charge in [0.05, 0.1) is 0 Å². The van der Waals surface area contributed by atoms with Crippen molar-refractivity contribution < 1.29 is 0 Å². The predicted octanol–water partition coefficient (Wildman–Crippen LogP) is 3.96. The van der Waals surface area contributed by atoms with Gasteiger partial charge in [0.25, 0.3) is 0 Å². The number of rotatable bonds is 4. The highest BCUT2D eigenvalue weighted by Gasteiger charge is 2.16. The lowest BCUT2D eigenvalue weighted by atomic mass is 9.99. The van der Waals surface area contributed by atoms with Crippen LogP contribution in [0.3, 0.4) is 0 Å². The van der Waals surface area contributed by atoms with Crippen molar-refractivity contribution in [3.05, 3.63) is 35.9 Å². The molecule has 1 fully saturated rings. The third-order valence-electron chi connectivity index (χ3n) is 4.89. The van der Waals surface area contributed by atoms with Gasteiger partial charge in [-0.25, -0.2) is 0 Å². The van der Waals surface area contributed by atoms with Crippen molar-refractivity contribution in [1.82, 2.24) is 4.90 Å². The average molecular weight is 311 g/mol. The van der Waals surface area contributed by atoms with Gasteiger partial charge < -0.3 is 9.80 Å². The molecule has 0 amide bonds. The zero-order chi connectivity index (χ0) is 16.4. The Bertz CT molecular complexity index is 656. The van der Waals surface area contributed by atoms with Crippen LogP contribution in [0.2, 0.25) is 0 Å². The summed E-state index contributed by atoms with van der Waals surface area (Å²) < 4.78 is 0. The molecule has 3 heteroatoms. The van der Waals surface area contributed by atoms with E-state index in [1.54, 1.807) is 0 Å². The Morgan fingerprint density at radius 1 is 0.826 bits per heavy atom. The number of hydrogen-bond acceptors (Lipinski definition) is 3. The van der Waals surface area contributed by atoms with Crippen LogP contribution in [0.5, 0.6) is 0 Å². The zero-order valence-corrected chi connectivity index (χ0v) is 15.0. The molecular formula is C20H29N3. The summed E-state index contributed by atoms with van der Waals surface area (Å²) in [6.45, 7) is 3.55. The normalized spacial score (nSPS) is 15.8. The Kier molecular flexibility index (Phi) is 4.76. The van der Waals surface area contributed by atoms with Crippen LogP contribution in [0.25, 0.3) is 10.8 Å². The van der Waals surface area contributed by atoms with Gasteiger partial charge in [-0.2, -0.15) is 0 Å². The standard InChI is InChI=1S/C20H29N3/c1-21(2)18-10-8-9-17-16(15-23-13-6-5-7-14-23)11-12-19(20(17)18)22(3)4/h8-12H,5-7,13-15H2,1-4H3. The molecule has 0 spiro atoms. The van der Waals surface area contributed by atoms with Crippen LogP contribution in [-0.2, 0) is 6.54 Å². The summed E-state index contributed by atoms with van der Waals surface area (Å²) in [4.78, 5) is 7.05. The first-order valence-corrected chi connectivity index (χ1v) is 8.69. The third kappa shape index (κ3) is 3.30. The molecule has 23 heavy (non-hydrogen) atoms. The van der Waals surface area contributed by atoms with Crippen LogP contribution < -0.4 is 9.80 Å². The van der Waals surface area contributed by atoms with Crippen molar-refractivity contribution in [2.75, 3.05) is 51.1 Å². The Balaban J connectivity index is 2.09. The molecule has 0 N–H and O–H groups in total. The van der Waals surface area contributed by atoms with Crippen LogP contribution >= 0.6 is 0 Å². The molecule has 124 valence electrons. The first-order valence-electron chi connectivity index (χ1n) is 8.69. The lowest BCUT2D eigenvalue weighted by Crippen LogP contribution is -2.29. The predicted molar refractivity (Wildman–Crippen MR) is 102 cm³/mol. The van der Waals surface area contributed by atoms with E-state index in [1.807, 2.05) is 0 Å². The van der Waals surface area contributed by atoms with E-state index >= 15 is 0 Å². The second-order valence-corrected chi connectivity index (χ2v) is 7.07. The summed E-state index contributed by atoms with van der Waals surface area (Å²) in [6.07, 6.45) is 4.08. The molecule has 0 unspecified atom stereocenters. The van der Waals surface area contributed by atoms with Crippen molar-refractivity contribution in [3.63, 3.8) is 0 Å². The van der Waals surface area contributed by atoms with E-state index in [0.29, 0.717) is 0 Å². The van der Waals surface area contributed by atoms with Crippen molar-refractivity contribution in [3.8, 4) is 0 Å². The van der Waals surface area contributed by atoms with E-state index in [9.17, 15) is 0 Å². The first kappa shape index (κ1) is 16.1. The van der Waals surface area contributed by atoms with Gasteiger partial charge in [0.1, 0.15) is 0 Å². The van der Waals surface area contributed by atoms with E-state index in [0.717, 1.165) is 6.54 Å². The summed E-state index contributed by atoms with van der Waals surface area (Å²) >= 11 is 0. The topological polar surface area (TPSA) is 9.72 Å². The molecule has 0 radical (unpaired) electrons. The Morgan fingerprint density at radius 2 is 1.48 bits per heavy atom. The monoisotopic (exact) mass is 311 g/mol. The van der Waals surface area contributed by atoms with Gasteiger partial charge >= 0.3 is 0 Å². The molecule has 1 aliphatic rings. The number of hydrogen-bond donors (Lipinski definition) is 0. The minimum atomic E-state index is 1.07. The Hall–Kier alpha value is -1.74. The van der Waals surface area contributed by atoms with Crippen LogP contribution in [0.4, 0.5) is 11.4 Å². The molecule has 2 aromatic rings.